The van der Waals surface area contributed by atoms with Gasteiger partial charge >= 0.3 is 0 Å². The van der Waals surface area contributed by atoms with Crippen molar-refractivity contribution in [2.75, 3.05) is 11.1 Å². The van der Waals surface area contributed by atoms with Gasteiger partial charge in [-0.3, -0.25) is 4.79 Å². The second-order valence-corrected chi connectivity index (χ2v) is 4.13. The van der Waals surface area contributed by atoms with Gasteiger partial charge in [-0.2, -0.15) is 0 Å². The molecule has 0 spiro atoms. The number of nitrogens with one attached hydrogen (secondary N) is 1. The highest BCUT2D eigenvalue weighted by atomic mass is 19.1. The van der Waals surface area contributed by atoms with Crippen LogP contribution in [-0.2, 0) is 11.2 Å². The van der Waals surface area contributed by atoms with E-state index >= 15 is 0 Å². The molecule has 2 aromatic carbocycles. The van der Waals surface area contributed by atoms with E-state index in [0.29, 0.717) is 11.3 Å². The summed E-state index contributed by atoms with van der Waals surface area (Å²) in [4.78, 5) is 11.8. The number of nitrogens with two attached hydrogens (primary N) is 1. The smallest absolute Gasteiger partial charge is 0.228 e. The molecule has 2 rings (SSSR count). The largest absolute Gasteiger partial charge is 0.508 e. The Kier molecular flexibility index (Phi) is 3.66. The van der Waals surface area contributed by atoms with Crippen molar-refractivity contribution in [3.8, 4) is 5.75 Å². The van der Waals surface area contributed by atoms with Crippen molar-refractivity contribution in [1.29, 1.82) is 0 Å². The average Bonchev–Trinajstić information content (AvgIpc) is 2.34. The minimum absolute atomic E-state index is 0.0738. The van der Waals surface area contributed by atoms with E-state index in [0.717, 1.165) is 6.07 Å². The fraction of sp³-hybridized carbons (Fsp3) is 0.0714. The number of phenols is 1. The van der Waals surface area contributed by atoms with Gasteiger partial charge in [0.25, 0.3) is 0 Å². The summed E-state index contributed by atoms with van der Waals surface area (Å²) in [6.45, 7) is 0. The predicted molar refractivity (Wildman–Crippen MR) is 71.3 cm³/mol. The zero-order chi connectivity index (χ0) is 13.8. The second-order valence-electron chi connectivity index (χ2n) is 4.13. The Morgan fingerprint density at radius 1 is 1.26 bits per heavy atom. The van der Waals surface area contributed by atoms with Gasteiger partial charge in [-0.05, 0) is 35.9 Å². The van der Waals surface area contributed by atoms with Crippen LogP contribution in [0.15, 0.2) is 42.5 Å². The summed E-state index contributed by atoms with van der Waals surface area (Å²) in [6.07, 6.45) is 0.0738. The maximum Gasteiger partial charge on any atom is 0.228 e. The Bertz CT molecular complexity index is 614. The average molecular weight is 260 g/mol. The fourth-order valence-corrected chi connectivity index (χ4v) is 1.68. The first-order valence-electron chi connectivity index (χ1n) is 5.67. The number of anilines is 2. The number of carbonyl (C=O) groups is 1. The summed E-state index contributed by atoms with van der Waals surface area (Å²) in [5.74, 6) is -0.708. The van der Waals surface area contributed by atoms with Gasteiger partial charge in [0.1, 0.15) is 11.6 Å². The molecule has 4 N–H and O–H groups in total. The summed E-state index contributed by atoms with van der Waals surface area (Å²) in [6, 6.07) is 10.2. The van der Waals surface area contributed by atoms with E-state index in [9.17, 15) is 14.3 Å². The first-order chi connectivity index (χ1) is 9.04. The highest BCUT2D eigenvalue weighted by Crippen LogP contribution is 2.19. The number of hydrogen-bond donors (Lipinski definition) is 3. The highest BCUT2D eigenvalue weighted by molar-refractivity contribution is 5.95. The van der Waals surface area contributed by atoms with E-state index in [1.807, 2.05) is 0 Å². The van der Waals surface area contributed by atoms with Crippen LogP contribution in [-0.4, -0.2) is 11.0 Å². The number of halogens is 1. The van der Waals surface area contributed by atoms with E-state index in [2.05, 4.69) is 5.32 Å². The van der Waals surface area contributed by atoms with Crippen LogP contribution in [0.3, 0.4) is 0 Å². The summed E-state index contributed by atoms with van der Waals surface area (Å²) in [5.41, 5.74) is 6.83. The maximum atomic E-state index is 13.0. The van der Waals surface area contributed by atoms with E-state index in [1.165, 1.54) is 24.3 Å². The van der Waals surface area contributed by atoms with Crippen LogP contribution in [0.5, 0.6) is 5.75 Å². The van der Waals surface area contributed by atoms with Crippen molar-refractivity contribution < 1.29 is 14.3 Å². The van der Waals surface area contributed by atoms with Crippen molar-refractivity contribution in [1.82, 2.24) is 0 Å². The molecule has 19 heavy (non-hydrogen) atoms. The standard InChI is InChI=1S/C14H13FN2O2/c15-10-4-5-12(16)13(8-10)17-14(19)7-9-2-1-3-11(18)6-9/h1-6,8,18H,7,16H2,(H,17,19). The van der Waals surface area contributed by atoms with Crippen LogP contribution in [0.2, 0.25) is 0 Å². The molecule has 0 aliphatic heterocycles. The Hall–Kier alpha value is -2.56. The number of benzene rings is 2. The highest BCUT2D eigenvalue weighted by Gasteiger charge is 2.07. The maximum absolute atomic E-state index is 13.0. The molecule has 0 heterocycles. The van der Waals surface area contributed by atoms with Crippen LogP contribution in [0.1, 0.15) is 5.56 Å². The summed E-state index contributed by atoms with van der Waals surface area (Å²) in [5, 5.41) is 11.8. The summed E-state index contributed by atoms with van der Waals surface area (Å²) < 4.78 is 13.0. The molecule has 0 aliphatic rings. The molecule has 5 heteroatoms. The number of phenolic OH excluding ortho intramolecular Hbond substituents is 1. The SMILES string of the molecule is Nc1ccc(F)cc1NC(=O)Cc1cccc(O)c1. The van der Waals surface area contributed by atoms with Gasteiger partial charge in [-0.25, -0.2) is 4.39 Å². The lowest BCUT2D eigenvalue weighted by molar-refractivity contribution is -0.115. The number of hydrogen-bond acceptors (Lipinski definition) is 3. The molecule has 0 atom stereocenters. The Balaban J connectivity index is 2.07. The minimum atomic E-state index is -0.471. The predicted octanol–water partition coefficient (Wildman–Crippen LogP) is 2.29. The van der Waals surface area contributed by atoms with Gasteiger partial charge in [0, 0.05) is 0 Å². The molecule has 4 nitrogen and oxygen atoms in total. The van der Waals surface area contributed by atoms with Crippen molar-refractivity contribution in [3.05, 3.63) is 53.8 Å². The monoisotopic (exact) mass is 260 g/mol. The van der Waals surface area contributed by atoms with Crippen molar-refractivity contribution in [2.45, 2.75) is 6.42 Å². The Labute approximate surface area is 109 Å². The van der Waals surface area contributed by atoms with E-state index in [1.54, 1.807) is 12.1 Å². The Morgan fingerprint density at radius 2 is 2.05 bits per heavy atom. The van der Waals surface area contributed by atoms with Gasteiger partial charge in [-0.15, -0.1) is 0 Å². The van der Waals surface area contributed by atoms with E-state index < -0.39 is 5.82 Å². The molecule has 0 aromatic heterocycles. The van der Waals surface area contributed by atoms with E-state index in [-0.39, 0.29) is 23.8 Å². The van der Waals surface area contributed by atoms with Crippen molar-refractivity contribution in [2.24, 2.45) is 0 Å². The molecular weight excluding hydrogens is 247 g/mol. The molecule has 1 amide bonds. The third-order valence-corrected chi connectivity index (χ3v) is 2.56. The second kappa shape index (κ2) is 5.39. The normalized spacial score (nSPS) is 10.2. The van der Waals surface area contributed by atoms with Crippen LogP contribution in [0, 0.1) is 5.82 Å². The molecule has 0 bridgehead atoms. The zero-order valence-electron chi connectivity index (χ0n) is 10.1. The van der Waals surface area contributed by atoms with Crippen LogP contribution < -0.4 is 11.1 Å². The van der Waals surface area contributed by atoms with Crippen LogP contribution in [0.4, 0.5) is 15.8 Å². The third-order valence-electron chi connectivity index (χ3n) is 2.56. The van der Waals surface area contributed by atoms with Gasteiger partial charge in [0.2, 0.25) is 5.91 Å². The molecule has 0 radical (unpaired) electrons. The van der Waals surface area contributed by atoms with Crippen molar-refractivity contribution in [3.63, 3.8) is 0 Å². The third kappa shape index (κ3) is 3.45. The van der Waals surface area contributed by atoms with Crippen LogP contribution >= 0.6 is 0 Å². The lowest BCUT2D eigenvalue weighted by Gasteiger charge is -2.08. The molecule has 98 valence electrons. The molecule has 0 saturated heterocycles. The zero-order valence-corrected chi connectivity index (χ0v) is 10.1. The molecular formula is C14H13FN2O2. The molecule has 0 fully saturated rings. The fourth-order valence-electron chi connectivity index (χ4n) is 1.68. The number of nitrogen functional groups attached to an aromatic ring is 1. The minimum Gasteiger partial charge on any atom is -0.508 e. The molecule has 2 aromatic rings. The number of carbonyl (C=O) groups excluding carboxylic acids is 1. The lowest BCUT2D eigenvalue weighted by atomic mass is 10.1. The lowest BCUT2D eigenvalue weighted by Crippen LogP contribution is -2.15. The first kappa shape index (κ1) is 12.9. The Morgan fingerprint density at radius 3 is 2.79 bits per heavy atom. The van der Waals surface area contributed by atoms with Crippen LogP contribution in [0.25, 0.3) is 0 Å². The topological polar surface area (TPSA) is 75.3 Å². The van der Waals surface area contributed by atoms with E-state index in [4.69, 9.17) is 5.73 Å². The van der Waals surface area contributed by atoms with Gasteiger partial charge in [0.15, 0.2) is 0 Å². The quantitative estimate of drug-likeness (QED) is 0.741. The summed E-state index contributed by atoms with van der Waals surface area (Å²) >= 11 is 0. The number of rotatable bonds is 3. The molecule has 0 aliphatic carbocycles. The number of aromatic hydroxyl groups is 1. The molecule has 0 unspecified atom stereocenters. The first-order valence-corrected chi connectivity index (χ1v) is 5.67. The summed E-state index contributed by atoms with van der Waals surface area (Å²) in [7, 11) is 0. The van der Waals surface area contributed by atoms with Gasteiger partial charge in [-0.1, -0.05) is 12.1 Å². The van der Waals surface area contributed by atoms with Gasteiger partial charge in [0.05, 0.1) is 17.8 Å². The van der Waals surface area contributed by atoms with Gasteiger partial charge < -0.3 is 16.2 Å². The number of amides is 1. The van der Waals surface area contributed by atoms with Crippen molar-refractivity contribution >= 4 is 17.3 Å². The molecule has 0 saturated carbocycles.